The van der Waals surface area contributed by atoms with E-state index in [4.69, 9.17) is 33.4 Å². The number of pyridine rings is 3. The average Bonchev–Trinajstić information content (AvgIpc) is 3.57. The molecule has 0 unspecified atom stereocenters. The number of halogens is 3. The molecule has 0 radical (unpaired) electrons. The normalized spacial score (nSPS) is 15.7. The molecule has 28 heteroatoms. The van der Waals surface area contributed by atoms with E-state index in [1.807, 2.05) is 30.0 Å². The van der Waals surface area contributed by atoms with Gasteiger partial charge in [0.25, 0.3) is 5.91 Å². The van der Waals surface area contributed by atoms with Crippen LogP contribution in [-0.4, -0.2) is 268 Å². The SMILES string of the molecule is CCOc1ccc(C(=O)N2CCN(c3ccc(-c4cccnc4OCC)nc3CNCCCOCCOCCOCCOCCNC(=O)CN3CCN(CC(=O)O)CCN(CC(=O)O)CCN(CC(=O)O)CC3)CC2)c(C(F)(F)F)n1. The van der Waals surface area contributed by atoms with Crippen molar-refractivity contribution in [1.29, 1.82) is 0 Å². The number of ether oxygens (including phenoxy) is 6. The van der Waals surface area contributed by atoms with Crippen LogP contribution in [0.25, 0.3) is 11.3 Å². The van der Waals surface area contributed by atoms with Gasteiger partial charge in [0.05, 0.1) is 114 Å². The summed E-state index contributed by atoms with van der Waals surface area (Å²) in [6.45, 7) is 10.8. The average molecular weight is 1150 g/mol. The van der Waals surface area contributed by atoms with Crippen LogP contribution in [0.1, 0.15) is 42.0 Å². The van der Waals surface area contributed by atoms with E-state index in [1.54, 1.807) is 33.9 Å². The Hall–Kier alpha value is -6.37. The van der Waals surface area contributed by atoms with Gasteiger partial charge in [-0.25, -0.2) is 15.0 Å². The van der Waals surface area contributed by atoms with Crippen molar-refractivity contribution in [3.63, 3.8) is 0 Å². The Bertz CT molecular complexity index is 2390. The van der Waals surface area contributed by atoms with Gasteiger partial charge in [0, 0.05) is 110 Å². The predicted octanol–water partition coefficient (Wildman–Crippen LogP) is 1.45. The molecule has 2 amide bonds. The number of piperazine rings is 1. The number of alkyl halides is 3. The minimum atomic E-state index is -4.85. The summed E-state index contributed by atoms with van der Waals surface area (Å²) in [5, 5.41) is 34.5. The van der Waals surface area contributed by atoms with Crippen molar-refractivity contribution in [1.82, 2.24) is 50.1 Å². The standard InChI is InChI=1S/C53H78F3N11O14/c1-3-80-46-11-8-41(50(61-46)53(54,55)56)52(75)67-25-23-66(24-26-67)44-10-9-42(40-7-5-13-59-51(40)81-4-2)60-43(44)35-57-12-6-27-76-29-31-78-33-34-79-32-30-77-28-14-58-45(68)36-62-15-17-63(37-47(69)70)19-21-65(39-49(73)74)22-20-64(18-16-62)38-48(71)72/h5,7-11,13,57H,3-4,6,12,14-39H2,1-2H3,(H,58,68)(H,69,70)(H,71,72)(H,73,74). The molecule has 81 heavy (non-hydrogen) atoms. The summed E-state index contributed by atoms with van der Waals surface area (Å²) in [6.07, 6.45) is -2.51. The van der Waals surface area contributed by atoms with Crippen LogP contribution in [0, 0.1) is 0 Å². The maximum atomic E-state index is 14.0. The molecule has 0 spiro atoms. The van der Waals surface area contributed by atoms with Crippen LogP contribution < -0.4 is 25.0 Å². The van der Waals surface area contributed by atoms with E-state index in [1.165, 1.54) is 11.0 Å². The molecule has 2 aliphatic rings. The molecule has 450 valence electrons. The summed E-state index contributed by atoms with van der Waals surface area (Å²) in [5.41, 5.74) is 1.13. The van der Waals surface area contributed by atoms with Gasteiger partial charge in [-0.3, -0.25) is 43.6 Å². The van der Waals surface area contributed by atoms with Crippen molar-refractivity contribution in [3.05, 3.63) is 59.5 Å². The minimum Gasteiger partial charge on any atom is -0.480 e. The van der Waals surface area contributed by atoms with Crippen LogP contribution in [0.5, 0.6) is 11.8 Å². The number of carboxylic acid groups (broad SMARTS) is 3. The quantitative estimate of drug-likeness (QED) is 0.0540. The van der Waals surface area contributed by atoms with E-state index >= 15 is 0 Å². The molecular weight excluding hydrogens is 1070 g/mol. The Morgan fingerprint density at radius 1 is 0.605 bits per heavy atom. The van der Waals surface area contributed by atoms with Crippen LogP contribution in [0.15, 0.2) is 42.6 Å². The lowest BCUT2D eigenvalue weighted by atomic mass is 10.1. The third-order valence-corrected chi connectivity index (χ3v) is 12.8. The maximum Gasteiger partial charge on any atom is 0.434 e. The van der Waals surface area contributed by atoms with Gasteiger partial charge in [0.15, 0.2) is 5.69 Å². The van der Waals surface area contributed by atoms with Crippen LogP contribution in [-0.2, 0) is 50.8 Å². The second-order valence-electron chi connectivity index (χ2n) is 18.8. The van der Waals surface area contributed by atoms with Crippen LogP contribution in [0.4, 0.5) is 18.9 Å². The first-order valence-corrected chi connectivity index (χ1v) is 27.2. The molecule has 0 aliphatic carbocycles. The summed E-state index contributed by atoms with van der Waals surface area (Å²) in [5.74, 6) is -3.87. The molecule has 0 atom stereocenters. The van der Waals surface area contributed by atoms with Gasteiger partial charge in [0.1, 0.15) is 0 Å². The number of hydrogen-bond donors (Lipinski definition) is 5. The number of aromatic nitrogens is 3. The fourth-order valence-electron chi connectivity index (χ4n) is 8.85. The van der Waals surface area contributed by atoms with Gasteiger partial charge in [-0.1, -0.05) is 0 Å². The molecule has 3 aromatic heterocycles. The largest absolute Gasteiger partial charge is 0.480 e. The number of carbonyl (C=O) groups is 5. The summed E-state index contributed by atoms with van der Waals surface area (Å²) in [6, 6.07) is 9.91. The Morgan fingerprint density at radius 3 is 1.67 bits per heavy atom. The van der Waals surface area contributed by atoms with Gasteiger partial charge in [-0.2, -0.15) is 13.2 Å². The van der Waals surface area contributed by atoms with E-state index in [-0.39, 0.29) is 97.0 Å². The van der Waals surface area contributed by atoms with E-state index < -0.39 is 41.2 Å². The Kier molecular flexibility index (Phi) is 28.7. The summed E-state index contributed by atoms with van der Waals surface area (Å²) in [4.78, 5) is 84.3. The van der Waals surface area contributed by atoms with Crippen molar-refractivity contribution in [3.8, 4) is 23.0 Å². The zero-order chi connectivity index (χ0) is 58.4. The van der Waals surface area contributed by atoms with Crippen molar-refractivity contribution < 1.29 is 80.9 Å². The number of nitrogens with zero attached hydrogens (tertiary/aromatic N) is 9. The summed E-state index contributed by atoms with van der Waals surface area (Å²) in [7, 11) is 0. The first-order chi connectivity index (χ1) is 39.0. The highest BCUT2D eigenvalue weighted by Crippen LogP contribution is 2.34. The van der Waals surface area contributed by atoms with Crippen LogP contribution in [0.2, 0.25) is 0 Å². The molecule has 5 N–H and O–H groups in total. The lowest BCUT2D eigenvalue weighted by Crippen LogP contribution is -2.50. The molecule has 5 heterocycles. The van der Waals surface area contributed by atoms with E-state index in [0.29, 0.717) is 123 Å². The van der Waals surface area contributed by atoms with E-state index in [9.17, 15) is 52.5 Å². The molecular formula is C53H78F3N11O14. The Labute approximate surface area is 469 Å². The zero-order valence-electron chi connectivity index (χ0n) is 46.2. The van der Waals surface area contributed by atoms with Gasteiger partial charge in [0.2, 0.25) is 17.7 Å². The van der Waals surface area contributed by atoms with Crippen molar-refractivity contribution in [2.24, 2.45) is 0 Å². The fraction of sp³-hybridized carbons (Fsp3) is 0.623. The second-order valence-corrected chi connectivity index (χ2v) is 18.8. The van der Waals surface area contributed by atoms with E-state index in [0.717, 1.165) is 23.0 Å². The molecule has 0 aromatic carbocycles. The van der Waals surface area contributed by atoms with Crippen LogP contribution >= 0.6 is 0 Å². The third-order valence-electron chi connectivity index (χ3n) is 12.8. The third kappa shape index (κ3) is 23.9. The number of carboxylic acids is 3. The number of anilines is 1. The zero-order valence-corrected chi connectivity index (χ0v) is 46.2. The van der Waals surface area contributed by atoms with Gasteiger partial charge in [-0.05, 0) is 57.1 Å². The summed E-state index contributed by atoms with van der Waals surface area (Å²) >= 11 is 0. The van der Waals surface area contributed by atoms with Crippen molar-refractivity contribution in [2.75, 3.05) is 189 Å². The highest BCUT2D eigenvalue weighted by molar-refractivity contribution is 5.95. The number of aliphatic carboxylic acids is 3. The lowest BCUT2D eigenvalue weighted by molar-refractivity contribution is -0.142. The molecule has 25 nitrogen and oxygen atoms in total. The highest BCUT2D eigenvalue weighted by Gasteiger charge is 2.39. The van der Waals surface area contributed by atoms with Gasteiger partial charge in [-0.15, -0.1) is 0 Å². The molecule has 0 bridgehead atoms. The van der Waals surface area contributed by atoms with Crippen LogP contribution in [0.3, 0.4) is 0 Å². The number of nitrogens with one attached hydrogen (secondary N) is 2. The van der Waals surface area contributed by atoms with Crippen molar-refractivity contribution in [2.45, 2.75) is 33.0 Å². The van der Waals surface area contributed by atoms with Gasteiger partial charge < -0.3 is 64.2 Å². The number of carbonyl (C=O) groups excluding carboxylic acids is 2. The summed E-state index contributed by atoms with van der Waals surface area (Å²) < 4.78 is 75.6. The first-order valence-electron chi connectivity index (χ1n) is 27.2. The lowest BCUT2D eigenvalue weighted by Gasteiger charge is -2.37. The molecule has 2 aliphatic heterocycles. The molecule has 3 aromatic rings. The predicted molar refractivity (Wildman–Crippen MR) is 288 cm³/mol. The number of rotatable bonds is 33. The number of amides is 2. The maximum absolute atomic E-state index is 14.0. The Balaban J connectivity index is 0.955. The fourth-order valence-corrected chi connectivity index (χ4v) is 8.85. The van der Waals surface area contributed by atoms with Gasteiger partial charge >= 0.3 is 24.1 Å². The smallest absolute Gasteiger partial charge is 0.434 e. The molecule has 2 fully saturated rings. The Morgan fingerprint density at radius 2 is 1.14 bits per heavy atom. The second kappa shape index (κ2) is 35.5. The molecule has 0 saturated carbocycles. The number of hydrogen-bond acceptors (Lipinski definition) is 20. The minimum absolute atomic E-state index is 0.00461. The first kappa shape index (κ1) is 65.4. The highest BCUT2D eigenvalue weighted by atomic mass is 19.4. The van der Waals surface area contributed by atoms with Crippen molar-refractivity contribution >= 4 is 35.4 Å². The molecule has 2 saturated heterocycles. The van der Waals surface area contributed by atoms with E-state index in [2.05, 4.69) is 25.5 Å². The topological polar surface area (TPSA) is 284 Å². The molecule has 5 rings (SSSR count). The monoisotopic (exact) mass is 1150 g/mol.